The first kappa shape index (κ1) is 18.3. The van der Waals surface area contributed by atoms with E-state index < -0.39 is 0 Å². The van der Waals surface area contributed by atoms with Crippen molar-refractivity contribution in [3.05, 3.63) is 54.1 Å². The summed E-state index contributed by atoms with van der Waals surface area (Å²) in [5.41, 5.74) is 3.08. The summed E-state index contributed by atoms with van der Waals surface area (Å²) in [5, 5.41) is 2.98. The molecule has 1 N–H and O–H groups in total. The SMILES string of the molecule is CCN1CC(CN(C)CC(=O)Nc2ccccc2C)Oc2ccccc21. The first-order valence-electron chi connectivity index (χ1n) is 9.11. The molecule has 0 aromatic heterocycles. The van der Waals surface area contributed by atoms with Crippen LogP contribution in [0.5, 0.6) is 5.75 Å². The van der Waals surface area contributed by atoms with Gasteiger partial charge in [0.25, 0.3) is 0 Å². The molecule has 1 heterocycles. The predicted octanol–water partition coefficient (Wildman–Crippen LogP) is 3.15. The molecule has 1 unspecified atom stereocenters. The van der Waals surface area contributed by atoms with Crippen LogP contribution in [0.15, 0.2) is 48.5 Å². The molecule has 0 fully saturated rings. The van der Waals surface area contributed by atoms with Gasteiger partial charge in [0.1, 0.15) is 11.9 Å². The van der Waals surface area contributed by atoms with Crippen LogP contribution >= 0.6 is 0 Å². The number of benzene rings is 2. The Morgan fingerprint density at radius 3 is 2.73 bits per heavy atom. The largest absolute Gasteiger partial charge is 0.485 e. The fraction of sp³-hybridized carbons (Fsp3) is 0.381. The topological polar surface area (TPSA) is 44.8 Å². The summed E-state index contributed by atoms with van der Waals surface area (Å²) in [6.07, 6.45) is 0.0427. The molecule has 0 aliphatic carbocycles. The van der Waals surface area contributed by atoms with Gasteiger partial charge >= 0.3 is 0 Å². The fourth-order valence-electron chi connectivity index (χ4n) is 3.33. The third-order valence-corrected chi connectivity index (χ3v) is 4.65. The standard InChI is InChI=1S/C21H27N3O2/c1-4-24-14-17(26-20-12-8-7-11-19(20)24)13-23(3)15-21(25)22-18-10-6-5-9-16(18)2/h5-12,17H,4,13-15H2,1-3H3,(H,22,25). The van der Waals surface area contributed by atoms with Crippen molar-refractivity contribution >= 4 is 17.3 Å². The summed E-state index contributed by atoms with van der Waals surface area (Å²) >= 11 is 0. The molecule has 0 saturated heterocycles. The Morgan fingerprint density at radius 1 is 1.23 bits per heavy atom. The van der Waals surface area contributed by atoms with Crippen molar-refractivity contribution < 1.29 is 9.53 Å². The van der Waals surface area contributed by atoms with E-state index >= 15 is 0 Å². The molecule has 2 aromatic carbocycles. The highest BCUT2D eigenvalue weighted by Crippen LogP contribution is 2.32. The molecule has 1 aliphatic rings. The Labute approximate surface area is 155 Å². The third kappa shape index (κ3) is 4.35. The summed E-state index contributed by atoms with van der Waals surface area (Å²) in [6.45, 7) is 6.95. The normalized spacial score (nSPS) is 16.2. The van der Waals surface area contributed by atoms with Gasteiger partial charge in [-0.1, -0.05) is 30.3 Å². The van der Waals surface area contributed by atoms with Gasteiger partial charge in [-0.15, -0.1) is 0 Å². The summed E-state index contributed by atoms with van der Waals surface area (Å²) in [5.74, 6) is 0.911. The molecule has 3 rings (SSSR count). The number of fused-ring (bicyclic) bond motifs is 1. The predicted molar refractivity (Wildman–Crippen MR) is 106 cm³/mol. The molecular weight excluding hydrogens is 326 g/mol. The number of nitrogens with one attached hydrogen (secondary N) is 1. The van der Waals surface area contributed by atoms with E-state index in [4.69, 9.17) is 4.74 Å². The highest BCUT2D eigenvalue weighted by molar-refractivity contribution is 5.92. The summed E-state index contributed by atoms with van der Waals surface area (Å²) in [7, 11) is 1.96. The van der Waals surface area contributed by atoms with E-state index in [-0.39, 0.29) is 12.0 Å². The van der Waals surface area contributed by atoms with Crippen molar-refractivity contribution in [3.63, 3.8) is 0 Å². The Bertz CT molecular complexity index is 762. The molecule has 1 atom stereocenters. The van der Waals surface area contributed by atoms with Gasteiger partial charge < -0.3 is 15.0 Å². The van der Waals surface area contributed by atoms with Crippen molar-refractivity contribution in [1.82, 2.24) is 4.90 Å². The minimum absolute atomic E-state index is 0.00893. The second-order valence-corrected chi connectivity index (χ2v) is 6.81. The second-order valence-electron chi connectivity index (χ2n) is 6.81. The molecular formula is C21H27N3O2. The van der Waals surface area contributed by atoms with E-state index in [0.29, 0.717) is 13.1 Å². The van der Waals surface area contributed by atoms with Gasteiger partial charge in [0.15, 0.2) is 0 Å². The number of ether oxygens (including phenoxy) is 1. The van der Waals surface area contributed by atoms with E-state index in [1.165, 1.54) is 0 Å². The van der Waals surface area contributed by atoms with Gasteiger partial charge in [0.2, 0.25) is 5.91 Å². The molecule has 0 spiro atoms. The maximum atomic E-state index is 12.3. The number of anilines is 2. The monoisotopic (exact) mass is 353 g/mol. The average molecular weight is 353 g/mol. The molecule has 26 heavy (non-hydrogen) atoms. The van der Waals surface area contributed by atoms with Crippen molar-refractivity contribution in [3.8, 4) is 5.75 Å². The van der Waals surface area contributed by atoms with Gasteiger partial charge in [-0.2, -0.15) is 0 Å². The van der Waals surface area contributed by atoms with Crippen molar-refractivity contribution in [2.75, 3.05) is 43.4 Å². The van der Waals surface area contributed by atoms with E-state index in [9.17, 15) is 4.79 Å². The van der Waals surface area contributed by atoms with Gasteiger partial charge in [-0.05, 0) is 44.7 Å². The van der Waals surface area contributed by atoms with Crippen molar-refractivity contribution in [1.29, 1.82) is 0 Å². The van der Waals surface area contributed by atoms with Crippen molar-refractivity contribution in [2.24, 2.45) is 0 Å². The van der Waals surface area contributed by atoms with E-state index in [1.54, 1.807) is 0 Å². The zero-order chi connectivity index (χ0) is 18.5. The zero-order valence-electron chi connectivity index (χ0n) is 15.7. The van der Waals surface area contributed by atoms with Crippen LogP contribution in [0, 0.1) is 6.92 Å². The zero-order valence-corrected chi connectivity index (χ0v) is 15.7. The van der Waals surface area contributed by atoms with Crippen LogP contribution in [-0.2, 0) is 4.79 Å². The molecule has 1 amide bonds. The molecule has 1 aliphatic heterocycles. The lowest BCUT2D eigenvalue weighted by atomic mass is 10.2. The number of hydrogen-bond donors (Lipinski definition) is 1. The lowest BCUT2D eigenvalue weighted by molar-refractivity contribution is -0.117. The molecule has 0 radical (unpaired) electrons. The lowest BCUT2D eigenvalue weighted by Crippen LogP contribution is -2.46. The van der Waals surface area contributed by atoms with E-state index in [1.807, 2.05) is 61.3 Å². The van der Waals surface area contributed by atoms with E-state index in [0.717, 1.165) is 35.8 Å². The Balaban J connectivity index is 1.56. The van der Waals surface area contributed by atoms with Gasteiger partial charge in [-0.25, -0.2) is 0 Å². The number of hydrogen-bond acceptors (Lipinski definition) is 4. The first-order valence-corrected chi connectivity index (χ1v) is 9.11. The average Bonchev–Trinajstić information content (AvgIpc) is 2.62. The third-order valence-electron chi connectivity index (χ3n) is 4.65. The van der Waals surface area contributed by atoms with Crippen molar-refractivity contribution in [2.45, 2.75) is 20.0 Å². The van der Waals surface area contributed by atoms with E-state index in [2.05, 4.69) is 23.2 Å². The number of amides is 1. The molecule has 5 heteroatoms. The minimum Gasteiger partial charge on any atom is -0.485 e. The summed E-state index contributed by atoms with van der Waals surface area (Å²) in [4.78, 5) is 16.7. The Morgan fingerprint density at radius 2 is 1.96 bits per heavy atom. The maximum absolute atomic E-state index is 12.3. The first-order chi connectivity index (χ1) is 12.6. The van der Waals surface area contributed by atoms with Crippen LogP contribution in [0.2, 0.25) is 0 Å². The molecule has 2 aromatic rings. The lowest BCUT2D eigenvalue weighted by Gasteiger charge is -2.37. The highest BCUT2D eigenvalue weighted by Gasteiger charge is 2.25. The van der Waals surface area contributed by atoms with Crippen LogP contribution in [0.3, 0.4) is 0 Å². The fourth-order valence-corrected chi connectivity index (χ4v) is 3.33. The summed E-state index contributed by atoms with van der Waals surface area (Å²) in [6, 6.07) is 15.9. The highest BCUT2D eigenvalue weighted by atomic mass is 16.5. The number of para-hydroxylation sites is 3. The van der Waals surface area contributed by atoms with Crippen LogP contribution in [0.4, 0.5) is 11.4 Å². The van der Waals surface area contributed by atoms with Crippen LogP contribution in [0.1, 0.15) is 12.5 Å². The molecule has 5 nitrogen and oxygen atoms in total. The van der Waals surface area contributed by atoms with Crippen LogP contribution < -0.4 is 15.0 Å². The van der Waals surface area contributed by atoms with Gasteiger partial charge in [0.05, 0.1) is 18.8 Å². The maximum Gasteiger partial charge on any atom is 0.238 e. The van der Waals surface area contributed by atoms with Gasteiger partial charge in [0, 0.05) is 18.8 Å². The molecule has 0 bridgehead atoms. The Hall–Kier alpha value is -2.53. The Kier molecular flexibility index (Phi) is 5.78. The van der Waals surface area contributed by atoms with Crippen LogP contribution in [0.25, 0.3) is 0 Å². The number of rotatable bonds is 6. The number of likely N-dealkylation sites (N-methyl/N-ethyl adjacent to an activating group) is 2. The minimum atomic E-state index is -0.00893. The van der Waals surface area contributed by atoms with Crippen LogP contribution in [-0.4, -0.2) is 50.1 Å². The smallest absolute Gasteiger partial charge is 0.238 e. The second kappa shape index (κ2) is 8.23. The number of carbonyl (C=O) groups excluding carboxylic acids is 1. The summed E-state index contributed by atoms with van der Waals surface area (Å²) < 4.78 is 6.14. The number of aryl methyl sites for hydroxylation is 1. The molecule has 138 valence electrons. The number of carbonyl (C=O) groups is 1. The molecule has 0 saturated carbocycles. The quantitative estimate of drug-likeness (QED) is 0.866. The number of nitrogens with zero attached hydrogens (tertiary/aromatic N) is 2. The van der Waals surface area contributed by atoms with Gasteiger partial charge in [-0.3, -0.25) is 9.69 Å².